The molecule has 0 bridgehead atoms. The summed E-state index contributed by atoms with van der Waals surface area (Å²) in [6.45, 7) is -0.0184. The van der Waals surface area contributed by atoms with E-state index in [0.29, 0.717) is 5.56 Å². The number of hydrogen-bond donors (Lipinski definition) is 1. The van der Waals surface area contributed by atoms with E-state index in [2.05, 4.69) is 25.7 Å². The number of ether oxygens (including phenoxy) is 1. The molecule has 0 saturated carbocycles. The lowest BCUT2D eigenvalue weighted by molar-refractivity contribution is -0.137. The second-order valence-electron chi connectivity index (χ2n) is 7.33. The number of pyridine rings is 2. The summed E-state index contributed by atoms with van der Waals surface area (Å²) in [5.41, 5.74) is -2.00. The van der Waals surface area contributed by atoms with Gasteiger partial charge in [-0.05, 0) is 39.2 Å². The summed E-state index contributed by atoms with van der Waals surface area (Å²) in [5.74, 6) is -1.56. The highest BCUT2D eigenvalue weighted by molar-refractivity contribution is 9.10. The number of halogens is 4. The lowest BCUT2D eigenvalue weighted by Gasteiger charge is -2.18. The molecule has 1 N–H and O–H groups in total. The number of hydrogen-bond acceptors (Lipinski definition) is 5. The minimum Gasteiger partial charge on any atom is -0.505 e. The Morgan fingerprint density at radius 2 is 1.74 bits per heavy atom. The van der Waals surface area contributed by atoms with Crippen molar-refractivity contribution < 1.29 is 27.8 Å². The first-order valence-corrected chi connectivity index (χ1v) is 10.7. The van der Waals surface area contributed by atoms with E-state index < -0.39 is 34.7 Å². The Morgan fingerprint density at radius 3 is 2.38 bits per heavy atom. The van der Waals surface area contributed by atoms with Crippen LogP contribution in [-0.4, -0.2) is 27.7 Å². The predicted molar refractivity (Wildman–Crippen MR) is 123 cm³/mol. The summed E-state index contributed by atoms with van der Waals surface area (Å²) in [6.07, 6.45) is -4.72. The van der Waals surface area contributed by atoms with Crippen LogP contribution in [0.1, 0.15) is 21.6 Å². The Morgan fingerprint density at radius 1 is 1.09 bits per heavy atom. The van der Waals surface area contributed by atoms with E-state index in [0.717, 1.165) is 19.2 Å². The van der Waals surface area contributed by atoms with Crippen LogP contribution in [0.5, 0.6) is 5.75 Å². The summed E-state index contributed by atoms with van der Waals surface area (Å²) >= 11 is 3.24. The number of esters is 1. The van der Waals surface area contributed by atoms with Gasteiger partial charge in [-0.15, -0.1) is 0 Å². The molecular formula is C24H16BrF3N2O4. The predicted octanol–water partition coefficient (Wildman–Crippen LogP) is 5.39. The molecule has 4 aromatic rings. The van der Waals surface area contributed by atoms with Gasteiger partial charge >= 0.3 is 12.1 Å². The normalized spacial score (nSPS) is 11.6. The number of aromatic hydroxyl groups is 1. The summed E-state index contributed by atoms with van der Waals surface area (Å²) in [5, 5.41) is 10.8. The van der Waals surface area contributed by atoms with Crippen molar-refractivity contribution >= 4 is 32.8 Å². The third-order valence-electron chi connectivity index (χ3n) is 5.26. The molecule has 34 heavy (non-hydrogen) atoms. The monoisotopic (exact) mass is 532 g/mol. The standard InChI is InChI=1S/C24H16BrF3N2O4/c1-34-23(33)18-20(31)16-11-15(14-9-5-6-10-17(14)24(26,27)28)22(32)30(19(16)21(25)29-18)12-13-7-3-2-4-8-13/h2-11,31H,12H2,1H3. The highest BCUT2D eigenvalue weighted by Crippen LogP contribution is 2.39. The van der Waals surface area contributed by atoms with Crippen LogP contribution in [0.3, 0.4) is 0 Å². The van der Waals surface area contributed by atoms with Crippen LogP contribution >= 0.6 is 15.9 Å². The lowest BCUT2D eigenvalue weighted by atomic mass is 9.98. The lowest BCUT2D eigenvalue weighted by Crippen LogP contribution is -2.24. The number of rotatable bonds is 4. The minimum atomic E-state index is -4.72. The molecule has 4 rings (SSSR count). The first-order valence-electron chi connectivity index (χ1n) is 9.88. The Balaban J connectivity index is 2.13. The number of alkyl halides is 3. The maximum atomic E-state index is 13.7. The van der Waals surface area contributed by atoms with E-state index in [1.54, 1.807) is 30.3 Å². The molecule has 2 aromatic heterocycles. The number of aromatic nitrogens is 2. The van der Waals surface area contributed by atoms with Crippen LogP contribution in [0.25, 0.3) is 22.0 Å². The molecule has 0 atom stereocenters. The van der Waals surface area contributed by atoms with Crippen molar-refractivity contribution in [2.45, 2.75) is 12.7 Å². The number of methoxy groups -OCH3 is 1. The molecule has 2 aromatic carbocycles. The zero-order valence-corrected chi connectivity index (χ0v) is 19.1. The number of nitrogens with zero attached hydrogens (tertiary/aromatic N) is 2. The molecule has 0 aliphatic carbocycles. The van der Waals surface area contributed by atoms with E-state index in [4.69, 9.17) is 0 Å². The summed E-state index contributed by atoms with van der Waals surface area (Å²) in [6, 6.07) is 14.6. The molecule has 2 heterocycles. The van der Waals surface area contributed by atoms with Crippen molar-refractivity contribution in [3.8, 4) is 16.9 Å². The largest absolute Gasteiger partial charge is 0.505 e. The fraction of sp³-hybridized carbons (Fsp3) is 0.125. The SMILES string of the molecule is COC(=O)c1nc(Br)c2c(cc(-c3ccccc3C(F)(F)F)c(=O)n2Cc2ccccc2)c1O. The zero-order chi connectivity index (χ0) is 24.6. The van der Waals surface area contributed by atoms with E-state index >= 15 is 0 Å². The second kappa shape index (κ2) is 8.94. The van der Waals surface area contributed by atoms with Gasteiger partial charge in [-0.1, -0.05) is 48.5 Å². The first kappa shape index (κ1) is 23.5. The maximum absolute atomic E-state index is 13.7. The Kier molecular flexibility index (Phi) is 6.18. The average molecular weight is 533 g/mol. The van der Waals surface area contributed by atoms with Crippen molar-refractivity contribution in [2.75, 3.05) is 7.11 Å². The number of carbonyl (C=O) groups excluding carboxylic acids is 1. The quantitative estimate of drug-likeness (QED) is 0.281. The second-order valence-corrected chi connectivity index (χ2v) is 8.08. The van der Waals surface area contributed by atoms with Gasteiger partial charge in [0.25, 0.3) is 5.56 Å². The summed E-state index contributed by atoms with van der Waals surface area (Å²) < 4.78 is 47.2. The highest BCUT2D eigenvalue weighted by atomic mass is 79.9. The van der Waals surface area contributed by atoms with Crippen molar-refractivity contribution in [3.63, 3.8) is 0 Å². The van der Waals surface area contributed by atoms with Gasteiger partial charge in [-0.25, -0.2) is 9.78 Å². The number of carbonyl (C=O) groups is 1. The third kappa shape index (κ3) is 4.16. The first-order chi connectivity index (χ1) is 16.1. The molecule has 0 aliphatic rings. The molecule has 10 heteroatoms. The van der Waals surface area contributed by atoms with E-state index in [1.807, 2.05) is 0 Å². The molecule has 174 valence electrons. The van der Waals surface area contributed by atoms with Gasteiger partial charge in [0.2, 0.25) is 0 Å². The van der Waals surface area contributed by atoms with Crippen LogP contribution in [-0.2, 0) is 17.5 Å². The van der Waals surface area contributed by atoms with Crippen molar-refractivity contribution in [3.05, 3.63) is 92.4 Å². The molecule has 0 saturated heterocycles. The zero-order valence-electron chi connectivity index (χ0n) is 17.6. The van der Waals surface area contributed by atoms with E-state index in [9.17, 15) is 27.9 Å². The molecule has 0 radical (unpaired) electrons. The summed E-state index contributed by atoms with van der Waals surface area (Å²) in [4.78, 5) is 29.7. The smallest absolute Gasteiger partial charge is 0.417 e. The third-order valence-corrected chi connectivity index (χ3v) is 5.81. The van der Waals surface area contributed by atoms with E-state index in [1.165, 1.54) is 22.8 Å². The van der Waals surface area contributed by atoms with Crippen LogP contribution in [0.15, 0.2) is 70.1 Å². The van der Waals surface area contributed by atoms with Crippen LogP contribution in [0.4, 0.5) is 13.2 Å². The maximum Gasteiger partial charge on any atom is 0.417 e. The molecule has 6 nitrogen and oxygen atoms in total. The summed E-state index contributed by atoms with van der Waals surface area (Å²) in [7, 11) is 1.10. The molecule has 0 spiro atoms. The average Bonchev–Trinajstić information content (AvgIpc) is 2.82. The van der Waals surface area contributed by atoms with Gasteiger partial charge < -0.3 is 14.4 Å². The Hall–Kier alpha value is -3.66. The number of benzene rings is 2. The highest BCUT2D eigenvalue weighted by Gasteiger charge is 2.34. The molecule has 0 aliphatic heterocycles. The number of fused-ring (bicyclic) bond motifs is 1. The molecule has 0 amide bonds. The molecule has 0 fully saturated rings. The van der Waals surface area contributed by atoms with Gasteiger partial charge in [0.15, 0.2) is 11.4 Å². The molecular weight excluding hydrogens is 517 g/mol. The topological polar surface area (TPSA) is 81.4 Å². The fourth-order valence-corrected chi connectivity index (χ4v) is 4.32. The van der Waals surface area contributed by atoms with Crippen LogP contribution in [0.2, 0.25) is 0 Å². The van der Waals surface area contributed by atoms with Crippen molar-refractivity contribution in [1.29, 1.82) is 0 Å². The van der Waals surface area contributed by atoms with Gasteiger partial charge in [-0.3, -0.25) is 4.79 Å². The minimum absolute atomic E-state index is 0.0184. The van der Waals surface area contributed by atoms with Gasteiger partial charge in [0.05, 0.1) is 24.7 Å². The van der Waals surface area contributed by atoms with Crippen LogP contribution in [0, 0.1) is 0 Å². The van der Waals surface area contributed by atoms with Gasteiger partial charge in [0.1, 0.15) is 4.60 Å². The molecule has 0 unspecified atom stereocenters. The van der Waals surface area contributed by atoms with E-state index in [-0.39, 0.29) is 33.2 Å². The Bertz CT molecular complexity index is 1470. The Labute approximate surface area is 199 Å². The fourth-order valence-electron chi connectivity index (χ4n) is 3.72. The van der Waals surface area contributed by atoms with Gasteiger partial charge in [-0.2, -0.15) is 13.2 Å². The van der Waals surface area contributed by atoms with Crippen molar-refractivity contribution in [1.82, 2.24) is 9.55 Å². The van der Waals surface area contributed by atoms with Crippen molar-refractivity contribution in [2.24, 2.45) is 0 Å². The van der Waals surface area contributed by atoms with Crippen LogP contribution < -0.4 is 5.56 Å². The van der Waals surface area contributed by atoms with Gasteiger partial charge in [0, 0.05) is 10.9 Å².